The third kappa shape index (κ3) is 7.57. The number of ether oxygens (including phenoxy) is 1. The van der Waals surface area contributed by atoms with Crippen LogP contribution in [0.4, 0.5) is 0 Å². The quantitative estimate of drug-likeness (QED) is 0.642. The highest BCUT2D eigenvalue weighted by Gasteiger charge is 1.95. The van der Waals surface area contributed by atoms with Gasteiger partial charge in [0.25, 0.3) is 0 Å². The second kappa shape index (κ2) is 8.93. The Kier molecular flexibility index (Phi) is 8.73. The van der Waals surface area contributed by atoms with Crippen LogP contribution >= 0.6 is 15.9 Å². The van der Waals surface area contributed by atoms with Gasteiger partial charge in [-0.2, -0.15) is 0 Å². The van der Waals surface area contributed by atoms with Crippen LogP contribution < -0.4 is 0 Å². The average molecular weight is 273 g/mol. The van der Waals surface area contributed by atoms with Crippen molar-refractivity contribution in [1.29, 1.82) is 0 Å². The zero-order valence-corrected chi connectivity index (χ0v) is 11.7. The molecule has 0 aliphatic rings. The van der Waals surface area contributed by atoms with Crippen molar-refractivity contribution in [2.24, 2.45) is 0 Å². The van der Waals surface area contributed by atoms with Gasteiger partial charge in [0, 0.05) is 7.11 Å². The molecule has 0 heterocycles. The molecule has 0 rings (SSSR count). The number of halogens is 1. The fraction of sp³-hybridized carbons (Fsp3) is 0.538. The molecular weight excluding hydrogens is 252 g/mol. The number of hydrogen-bond acceptors (Lipinski definition) is 1. The smallest absolute Gasteiger partial charge is 0.0676 e. The summed E-state index contributed by atoms with van der Waals surface area (Å²) in [5.74, 6) is 0. The molecule has 0 saturated heterocycles. The van der Waals surface area contributed by atoms with E-state index in [1.807, 2.05) is 6.92 Å². The summed E-state index contributed by atoms with van der Waals surface area (Å²) in [6, 6.07) is 0. The Hall–Kier alpha value is -0.340. The maximum atomic E-state index is 5.15. The van der Waals surface area contributed by atoms with Gasteiger partial charge in [-0.1, -0.05) is 48.0 Å². The van der Waals surface area contributed by atoms with E-state index >= 15 is 0 Å². The molecule has 0 saturated carbocycles. The molecule has 0 aromatic rings. The lowest BCUT2D eigenvalue weighted by Gasteiger charge is -2.04. The standard InChI is InChI=1S/C13H21BrO/c1-5-12(8-7-11(3)14)9-13(6-2)10-15-4/h7-9H,5-6,10H2,1-4H3/b11-7+,12-8-,13-9+. The lowest BCUT2D eigenvalue weighted by atomic mass is 10.1. The first-order valence-corrected chi connectivity index (χ1v) is 6.14. The molecule has 0 unspecified atom stereocenters. The lowest BCUT2D eigenvalue weighted by Crippen LogP contribution is -1.93. The summed E-state index contributed by atoms with van der Waals surface area (Å²) in [7, 11) is 1.74. The minimum absolute atomic E-state index is 0.727. The molecule has 0 spiro atoms. The summed E-state index contributed by atoms with van der Waals surface area (Å²) in [6.45, 7) is 7.08. The topological polar surface area (TPSA) is 9.23 Å². The van der Waals surface area contributed by atoms with Crippen molar-refractivity contribution in [3.8, 4) is 0 Å². The van der Waals surface area contributed by atoms with Crippen molar-refractivity contribution in [3.05, 3.63) is 33.9 Å². The molecule has 0 aliphatic heterocycles. The predicted molar refractivity (Wildman–Crippen MR) is 71.3 cm³/mol. The van der Waals surface area contributed by atoms with Crippen LogP contribution in [0.5, 0.6) is 0 Å². The molecular formula is C13H21BrO. The van der Waals surface area contributed by atoms with E-state index in [1.165, 1.54) is 11.1 Å². The van der Waals surface area contributed by atoms with Gasteiger partial charge < -0.3 is 4.74 Å². The zero-order chi connectivity index (χ0) is 11.7. The summed E-state index contributed by atoms with van der Waals surface area (Å²) in [6.07, 6.45) is 8.55. The summed E-state index contributed by atoms with van der Waals surface area (Å²) in [5, 5.41) is 0. The van der Waals surface area contributed by atoms with Gasteiger partial charge in [0.2, 0.25) is 0 Å². The molecule has 0 N–H and O–H groups in total. The summed E-state index contributed by atoms with van der Waals surface area (Å²) >= 11 is 3.42. The third-order valence-electron chi connectivity index (χ3n) is 2.11. The van der Waals surface area contributed by atoms with Gasteiger partial charge in [-0.05, 0) is 35.4 Å². The minimum Gasteiger partial charge on any atom is -0.380 e. The normalized spacial score (nSPS) is 14.6. The van der Waals surface area contributed by atoms with Crippen molar-refractivity contribution in [1.82, 2.24) is 0 Å². The predicted octanol–water partition coefficient (Wildman–Crippen LogP) is 4.60. The van der Waals surface area contributed by atoms with E-state index in [4.69, 9.17) is 4.74 Å². The second-order valence-electron chi connectivity index (χ2n) is 3.44. The molecule has 0 aliphatic carbocycles. The Labute approximate surface area is 102 Å². The molecule has 86 valence electrons. The van der Waals surface area contributed by atoms with Crippen LogP contribution in [0.3, 0.4) is 0 Å². The molecule has 0 atom stereocenters. The Bertz CT molecular complexity index is 258. The van der Waals surface area contributed by atoms with Gasteiger partial charge >= 0.3 is 0 Å². The van der Waals surface area contributed by atoms with Crippen LogP contribution in [0.2, 0.25) is 0 Å². The maximum absolute atomic E-state index is 5.15. The van der Waals surface area contributed by atoms with Crippen molar-refractivity contribution in [3.63, 3.8) is 0 Å². The highest BCUT2D eigenvalue weighted by atomic mass is 79.9. The van der Waals surface area contributed by atoms with Crippen molar-refractivity contribution in [2.75, 3.05) is 13.7 Å². The SMILES string of the molecule is CCC(=C/C=C(\C)Br)/C=C(\CC)COC. The van der Waals surface area contributed by atoms with E-state index in [0.29, 0.717) is 0 Å². The van der Waals surface area contributed by atoms with Crippen LogP contribution in [-0.2, 0) is 4.74 Å². The fourth-order valence-corrected chi connectivity index (χ4v) is 1.32. The van der Waals surface area contributed by atoms with E-state index in [-0.39, 0.29) is 0 Å². The molecule has 15 heavy (non-hydrogen) atoms. The lowest BCUT2D eigenvalue weighted by molar-refractivity contribution is 0.223. The summed E-state index contributed by atoms with van der Waals surface area (Å²) in [4.78, 5) is 0. The van der Waals surface area contributed by atoms with E-state index in [1.54, 1.807) is 7.11 Å². The van der Waals surface area contributed by atoms with E-state index in [2.05, 4.69) is 48.0 Å². The Morgan fingerprint density at radius 2 is 1.87 bits per heavy atom. The number of methoxy groups -OCH3 is 1. The molecule has 1 nitrogen and oxygen atoms in total. The highest BCUT2D eigenvalue weighted by molar-refractivity contribution is 9.11. The van der Waals surface area contributed by atoms with E-state index < -0.39 is 0 Å². The molecule has 0 radical (unpaired) electrons. The van der Waals surface area contributed by atoms with Gasteiger partial charge in [-0.3, -0.25) is 0 Å². The van der Waals surface area contributed by atoms with Crippen LogP contribution in [-0.4, -0.2) is 13.7 Å². The van der Waals surface area contributed by atoms with Gasteiger partial charge in [-0.15, -0.1) is 0 Å². The maximum Gasteiger partial charge on any atom is 0.0676 e. The van der Waals surface area contributed by atoms with Crippen LogP contribution in [0.15, 0.2) is 33.9 Å². The molecule has 0 amide bonds. The van der Waals surface area contributed by atoms with Gasteiger partial charge in [0.15, 0.2) is 0 Å². The Balaban J connectivity index is 4.66. The van der Waals surface area contributed by atoms with Crippen molar-refractivity contribution in [2.45, 2.75) is 33.6 Å². The fourth-order valence-electron chi connectivity index (χ4n) is 1.18. The number of allylic oxidation sites excluding steroid dienone is 5. The van der Waals surface area contributed by atoms with Crippen LogP contribution in [0, 0.1) is 0 Å². The second-order valence-corrected chi connectivity index (χ2v) is 4.69. The van der Waals surface area contributed by atoms with Crippen molar-refractivity contribution < 1.29 is 4.74 Å². The van der Waals surface area contributed by atoms with E-state index in [0.717, 1.165) is 23.9 Å². The van der Waals surface area contributed by atoms with Gasteiger partial charge in [0.05, 0.1) is 6.61 Å². The average Bonchev–Trinajstić information content (AvgIpc) is 2.22. The Morgan fingerprint density at radius 1 is 1.20 bits per heavy atom. The first-order chi connectivity index (χ1) is 7.13. The Morgan fingerprint density at radius 3 is 2.27 bits per heavy atom. The first-order valence-electron chi connectivity index (χ1n) is 5.35. The molecule has 0 aromatic heterocycles. The zero-order valence-electron chi connectivity index (χ0n) is 10.1. The molecule has 0 bridgehead atoms. The minimum atomic E-state index is 0.727. The first kappa shape index (κ1) is 14.7. The molecule has 0 aromatic carbocycles. The molecule has 0 fully saturated rings. The molecule has 2 heteroatoms. The van der Waals surface area contributed by atoms with Gasteiger partial charge in [0.1, 0.15) is 0 Å². The summed E-state index contributed by atoms with van der Waals surface area (Å²) in [5.41, 5.74) is 2.67. The highest BCUT2D eigenvalue weighted by Crippen LogP contribution is 2.12. The third-order valence-corrected chi connectivity index (χ3v) is 2.37. The van der Waals surface area contributed by atoms with Gasteiger partial charge in [-0.25, -0.2) is 0 Å². The number of hydrogen-bond donors (Lipinski definition) is 0. The van der Waals surface area contributed by atoms with E-state index in [9.17, 15) is 0 Å². The monoisotopic (exact) mass is 272 g/mol. The van der Waals surface area contributed by atoms with Crippen LogP contribution in [0.1, 0.15) is 33.6 Å². The number of rotatable bonds is 6. The van der Waals surface area contributed by atoms with Crippen LogP contribution in [0.25, 0.3) is 0 Å². The van der Waals surface area contributed by atoms with Crippen molar-refractivity contribution >= 4 is 15.9 Å². The summed E-state index contributed by atoms with van der Waals surface area (Å²) < 4.78 is 6.29. The largest absolute Gasteiger partial charge is 0.380 e.